The zero-order valence-corrected chi connectivity index (χ0v) is 32.7. The highest BCUT2D eigenvalue weighted by molar-refractivity contribution is 5.76. The van der Waals surface area contributed by atoms with Gasteiger partial charge in [0.2, 0.25) is 0 Å². The minimum absolute atomic E-state index is 0.0397. The summed E-state index contributed by atoms with van der Waals surface area (Å²) in [4.78, 5) is 13.0. The molecule has 6 fully saturated rings. The number of aliphatic hydroxyl groups excluding tert-OH is 6. The highest BCUT2D eigenvalue weighted by atomic mass is 16.7. The Morgan fingerprint density at radius 1 is 0.811 bits per heavy atom. The molecule has 0 spiro atoms. The van der Waals surface area contributed by atoms with Gasteiger partial charge in [0.25, 0.3) is 0 Å². The fourth-order valence-electron chi connectivity index (χ4n) is 13.3. The van der Waals surface area contributed by atoms with Crippen molar-refractivity contribution in [3.8, 4) is 0 Å². The molecule has 7 rings (SSSR count). The third kappa shape index (κ3) is 5.85. The number of carboxylic acids is 1. The fourth-order valence-corrected chi connectivity index (χ4v) is 13.3. The molecule has 53 heavy (non-hydrogen) atoms. The van der Waals surface area contributed by atoms with Gasteiger partial charge in [-0.05, 0) is 111 Å². The SMILES string of the molecule is C[C@@H]1O[C@H](O[C@H]2CO[C@H](O[C@@H]3CC[C@@]4(C)[C@@H](CC[C@]5(C)[C@@H]4CC=C4[C@@H]6CC(C)(C)CC[C@]6(C(=O)O)CC[C@]45C)[C@]3(C)CO)[C@@H](O)[C@@H]2O)[C@@H](O)[C@@H](O)[C@H]1O. The van der Waals surface area contributed by atoms with Crippen LogP contribution in [0.1, 0.15) is 113 Å². The molecule has 7 aliphatic rings. The van der Waals surface area contributed by atoms with E-state index in [4.69, 9.17) is 18.9 Å². The van der Waals surface area contributed by atoms with Gasteiger partial charge in [-0.25, -0.2) is 0 Å². The lowest BCUT2D eigenvalue weighted by atomic mass is 9.33. The zero-order valence-electron chi connectivity index (χ0n) is 32.7. The summed E-state index contributed by atoms with van der Waals surface area (Å²) in [5, 5.41) is 74.8. The molecular weight excluding hydrogens is 684 g/mol. The van der Waals surface area contributed by atoms with Crippen LogP contribution < -0.4 is 0 Å². The van der Waals surface area contributed by atoms with Crippen molar-refractivity contribution < 1.29 is 59.5 Å². The molecule has 7 N–H and O–H groups in total. The highest BCUT2D eigenvalue weighted by Gasteiger charge is 2.70. The molecule has 0 aromatic rings. The van der Waals surface area contributed by atoms with Crippen LogP contribution in [0.4, 0.5) is 0 Å². The number of carbonyl (C=O) groups is 1. The fraction of sp³-hybridized carbons (Fsp3) is 0.927. The summed E-state index contributed by atoms with van der Waals surface area (Å²) >= 11 is 0. The molecule has 0 unspecified atom stereocenters. The molecule has 12 nitrogen and oxygen atoms in total. The number of hydrogen-bond donors (Lipinski definition) is 7. The van der Waals surface area contributed by atoms with Gasteiger partial charge in [-0.1, -0.05) is 53.2 Å². The summed E-state index contributed by atoms with van der Waals surface area (Å²) in [6.45, 7) is 15.2. The first-order valence-corrected chi connectivity index (χ1v) is 20.2. The maximum atomic E-state index is 13.0. The first-order valence-electron chi connectivity index (χ1n) is 20.2. The van der Waals surface area contributed by atoms with E-state index < -0.39 is 78.2 Å². The van der Waals surface area contributed by atoms with Gasteiger partial charge in [0.1, 0.15) is 36.6 Å². The zero-order chi connectivity index (χ0) is 38.7. The monoisotopic (exact) mass is 750 g/mol. The number of carboxylic acid groups (broad SMARTS) is 1. The number of aliphatic hydroxyl groups is 6. The molecule has 0 aromatic carbocycles. The third-order valence-corrected chi connectivity index (χ3v) is 17.0. The van der Waals surface area contributed by atoms with Crippen LogP contribution in [0.2, 0.25) is 0 Å². The van der Waals surface area contributed by atoms with Gasteiger partial charge in [0.05, 0.1) is 30.8 Å². The Kier molecular flexibility index (Phi) is 10.2. The largest absolute Gasteiger partial charge is 0.481 e. The van der Waals surface area contributed by atoms with Crippen molar-refractivity contribution in [2.24, 2.45) is 50.2 Å². The standard InChI is InChI=1S/C41H66O12/c1-21-28(43)30(45)32(47)34(51-21)52-24-19-50-33(31(46)29(24)44)53-27-11-12-37(4)25(38(27,5)20-42)10-13-40(7)26(37)9-8-22-23-18-36(2,3)14-16-41(23,35(48)49)17-15-39(22,40)6/h8,21,23-34,42-47H,9-20H2,1-7H3,(H,48,49)/t21-,23-,24-,25+,26+,27+,28-,29+,30-,31-,32-,33+,34+,37-,38-,39+,40+,41-/m0/s1. The molecule has 12 heteroatoms. The van der Waals surface area contributed by atoms with Gasteiger partial charge < -0.3 is 54.7 Å². The summed E-state index contributed by atoms with van der Waals surface area (Å²) in [5.41, 5.74) is -0.134. The number of hydrogen-bond acceptors (Lipinski definition) is 11. The summed E-state index contributed by atoms with van der Waals surface area (Å²) in [7, 11) is 0. The molecule has 0 amide bonds. The number of allylic oxidation sites excluding steroid dienone is 2. The molecule has 0 radical (unpaired) electrons. The molecule has 2 heterocycles. The van der Waals surface area contributed by atoms with Crippen molar-refractivity contribution in [2.75, 3.05) is 13.2 Å². The topological polar surface area (TPSA) is 196 Å². The van der Waals surface area contributed by atoms with Crippen LogP contribution in [0.5, 0.6) is 0 Å². The van der Waals surface area contributed by atoms with E-state index >= 15 is 0 Å². The summed E-state index contributed by atoms with van der Waals surface area (Å²) in [6.07, 6.45) is -1.40. The number of rotatable bonds is 6. The van der Waals surface area contributed by atoms with Crippen molar-refractivity contribution >= 4 is 5.97 Å². The lowest BCUT2D eigenvalue weighted by Gasteiger charge is -2.71. The smallest absolute Gasteiger partial charge is 0.310 e. The van der Waals surface area contributed by atoms with Crippen LogP contribution in [0, 0.1) is 50.2 Å². The van der Waals surface area contributed by atoms with Gasteiger partial charge >= 0.3 is 5.97 Å². The Morgan fingerprint density at radius 2 is 1.49 bits per heavy atom. The van der Waals surface area contributed by atoms with Crippen LogP contribution in [-0.2, 0) is 23.7 Å². The van der Waals surface area contributed by atoms with Gasteiger partial charge in [-0.3, -0.25) is 4.79 Å². The molecule has 18 atom stereocenters. The second-order valence-corrected chi connectivity index (χ2v) is 20.0. The van der Waals surface area contributed by atoms with Gasteiger partial charge in [0.15, 0.2) is 12.6 Å². The third-order valence-electron chi connectivity index (χ3n) is 17.0. The molecular formula is C41H66O12. The van der Waals surface area contributed by atoms with Crippen LogP contribution in [0.15, 0.2) is 11.6 Å². The Balaban J connectivity index is 1.08. The van der Waals surface area contributed by atoms with Crippen LogP contribution >= 0.6 is 0 Å². The normalized spacial score (nSPS) is 55.1. The van der Waals surface area contributed by atoms with E-state index in [1.807, 2.05) is 0 Å². The molecule has 2 aliphatic heterocycles. The van der Waals surface area contributed by atoms with Crippen LogP contribution in [0.25, 0.3) is 0 Å². The van der Waals surface area contributed by atoms with Crippen LogP contribution in [0.3, 0.4) is 0 Å². The van der Waals surface area contributed by atoms with E-state index in [1.54, 1.807) is 0 Å². The minimum Gasteiger partial charge on any atom is -0.481 e. The number of ether oxygens (including phenoxy) is 4. The highest BCUT2D eigenvalue weighted by Crippen LogP contribution is 2.76. The summed E-state index contributed by atoms with van der Waals surface area (Å²) < 4.78 is 23.8. The average molecular weight is 751 g/mol. The van der Waals surface area contributed by atoms with Crippen molar-refractivity contribution in [3.63, 3.8) is 0 Å². The minimum atomic E-state index is -1.57. The van der Waals surface area contributed by atoms with E-state index in [0.29, 0.717) is 18.8 Å². The van der Waals surface area contributed by atoms with Gasteiger partial charge in [-0.15, -0.1) is 0 Å². The number of aliphatic carboxylic acids is 1. The maximum absolute atomic E-state index is 13.0. The van der Waals surface area contributed by atoms with E-state index in [9.17, 15) is 40.5 Å². The molecule has 302 valence electrons. The van der Waals surface area contributed by atoms with Crippen molar-refractivity contribution in [1.29, 1.82) is 0 Å². The molecule has 0 aromatic heterocycles. The van der Waals surface area contributed by atoms with E-state index in [0.717, 1.165) is 51.4 Å². The van der Waals surface area contributed by atoms with Crippen molar-refractivity contribution in [3.05, 3.63) is 11.6 Å². The maximum Gasteiger partial charge on any atom is 0.310 e. The summed E-state index contributed by atoms with van der Waals surface area (Å²) in [6, 6.07) is 0. The lowest BCUT2D eigenvalue weighted by molar-refractivity contribution is -0.350. The van der Waals surface area contributed by atoms with Crippen molar-refractivity contribution in [1.82, 2.24) is 0 Å². The first-order chi connectivity index (χ1) is 24.7. The lowest BCUT2D eigenvalue weighted by Crippen LogP contribution is -2.66. The molecule has 2 saturated heterocycles. The Hall–Kier alpha value is -1.19. The molecule has 0 bridgehead atoms. The van der Waals surface area contributed by atoms with Gasteiger partial charge in [-0.2, -0.15) is 0 Å². The van der Waals surface area contributed by atoms with E-state index in [2.05, 4.69) is 47.6 Å². The van der Waals surface area contributed by atoms with Crippen molar-refractivity contribution in [2.45, 2.75) is 174 Å². The van der Waals surface area contributed by atoms with E-state index in [1.165, 1.54) is 12.5 Å². The molecule has 5 aliphatic carbocycles. The van der Waals surface area contributed by atoms with E-state index in [-0.39, 0.29) is 46.7 Å². The Labute approximate surface area is 314 Å². The van der Waals surface area contributed by atoms with Gasteiger partial charge in [0, 0.05) is 5.41 Å². The quantitative estimate of drug-likeness (QED) is 0.155. The number of fused-ring (bicyclic) bond motifs is 7. The predicted octanol–water partition coefficient (Wildman–Crippen LogP) is 3.52. The second-order valence-electron chi connectivity index (χ2n) is 20.0. The average Bonchev–Trinajstić information content (AvgIpc) is 3.10. The molecule has 4 saturated carbocycles. The summed E-state index contributed by atoms with van der Waals surface area (Å²) in [5.74, 6) is -0.139. The van der Waals surface area contributed by atoms with Crippen LogP contribution in [-0.4, -0.2) is 116 Å². The first kappa shape index (κ1) is 40.0. The Morgan fingerprint density at radius 3 is 2.17 bits per heavy atom. The second kappa shape index (κ2) is 13.5. The Bertz CT molecular complexity index is 1440. The predicted molar refractivity (Wildman–Crippen MR) is 192 cm³/mol.